The van der Waals surface area contributed by atoms with Crippen molar-refractivity contribution in [1.29, 1.82) is 0 Å². The summed E-state index contributed by atoms with van der Waals surface area (Å²) in [5.41, 5.74) is 1.01. The van der Waals surface area contributed by atoms with Crippen LogP contribution in [0.3, 0.4) is 0 Å². The van der Waals surface area contributed by atoms with E-state index in [2.05, 4.69) is 17.6 Å². The van der Waals surface area contributed by atoms with Gasteiger partial charge in [0.2, 0.25) is 0 Å². The van der Waals surface area contributed by atoms with Crippen LogP contribution in [0.4, 0.5) is 4.79 Å². The highest BCUT2D eigenvalue weighted by Gasteiger charge is 2.09. The Morgan fingerprint density at radius 2 is 2.00 bits per heavy atom. The average Bonchev–Trinajstić information content (AvgIpc) is 2.46. The predicted molar refractivity (Wildman–Crippen MR) is 86.1 cm³/mol. The van der Waals surface area contributed by atoms with E-state index in [9.17, 15) is 9.59 Å². The standard InChI is InChI=1S/C15H22N2O3S/c1-11(10-21-2)9-17-15(20)16-8-7-12-5-3-4-6-13(12)14(18)19/h3-6,11H,7-10H2,1-2H3,(H,18,19)(H2,16,17,20). The van der Waals surface area contributed by atoms with Crippen molar-refractivity contribution in [2.24, 2.45) is 5.92 Å². The molecule has 21 heavy (non-hydrogen) atoms. The molecule has 0 radical (unpaired) electrons. The Balaban J connectivity index is 2.33. The zero-order chi connectivity index (χ0) is 15.7. The van der Waals surface area contributed by atoms with Crippen LogP contribution in [0.5, 0.6) is 0 Å². The van der Waals surface area contributed by atoms with Gasteiger partial charge in [-0.2, -0.15) is 11.8 Å². The molecular formula is C15H22N2O3S. The van der Waals surface area contributed by atoms with Crippen LogP contribution < -0.4 is 10.6 Å². The van der Waals surface area contributed by atoms with Crippen LogP contribution in [0, 0.1) is 5.92 Å². The first-order chi connectivity index (χ1) is 10.0. The van der Waals surface area contributed by atoms with Crippen LogP contribution in [0.1, 0.15) is 22.8 Å². The summed E-state index contributed by atoms with van der Waals surface area (Å²) >= 11 is 1.75. The second-order valence-electron chi connectivity index (χ2n) is 4.91. The minimum atomic E-state index is -0.944. The molecule has 116 valence electrons. The SMILES string of the molecule is CSCC(C)CNC(=O)NCCc1ccccc1C(=O)O. The maximum absolute atomic E-state index is 11.6. The summed E-state index contributed by atoms with van der Waals surface area (Å²) in [6.45, 7) is 3.13. The Hall–Kier alpha value is -1.69. The largest absolute Gasteiger partial charge is 0.478 e. The number of amides is 2. The number of urea groups is 1. The number of hydrogen-bond donors (Lipinski definition) is 3. The smallest absolute Gasteiger partial charge is 0.335 e. The molecule has 1 aromatic carbocycles. The minimum Gasteiger partial charge on any atom is -0.478 e. The van der Waals surface area contributed by atoms with Crippen molar-refractivity contribution in [3.63, 3.8) is 0 Å². The number of carbonyl (C=O) groups is 2. The van der Waals surface area contributed by atoms with E-state index < -0.39 is 5.97 Å². The molecule has 5 nitrogen and oxygen atoms in total. The van der Waals surface area contributed by atoms with Crippen molar-refractivity contribution in [3.05, 3.63) is 35.4 Å². The average molecular weight is 310 g/mol. The molecule has 1 aromatic rings. The number of aromatic carboxylic acids is 1. The van der Waals surface area contributed by atoms with E-state index in [1.54, 1.807) is 36.0 Å². The Labute approximate surface area is 129 Å². The predicted octanol–water partition coefficient (Wildman–Crippen LogP) is 2.23. The highest BCUT2D eigenvalue weighted by Crippen LogP contribution is 2.09. The van der Waals surface area contributed by atoms with E-state index in [4.69, 9.17) is 5.11 Å². The van der Waals surface area contributed by atoms with E-state index in [0.29, 0.717) is 25.4 Å². The summed E-state index contributed by atoms with van der Waals surface area (Å²) in [7, 11) is 0. The Kier molecular flexibility index (Phi) is 7.68. The van der Waals surface area contributed by atoms with Crippen LogP contribution in [0.15, 0.2) is 24.3 Å². The first-order valence-electron chi connectivity index (χ1n) is 6.86. The van der Waals surface area contributed by atoms with Gasteiger partial charge in [-0.05, 0) is 36.0 Å². The number of nitrogens with one attached hydrogen (secondary N) is 2. The maximum Gasteiger partial charge on any atom is 0.335 e. The molecule has 0 heterocycles. The summed E-state index contributed by atoms with van der Waals surface area (Å²) in [6.07, 6.45) is 2.53. The quantitative estimate of drug-likeness (QED) is 0.688. The highest BCUT2D eigenvalue weighted by atomic mass is 32.2. The Morgan fingerprint density at radius 3 is 2.67 bits per heavy atom. The molecule has 0 saturated heterocycles. The van der Waals surface area contributed by atoms with E-state index in [0.717, 1.165) is 11.3 Å². The molecule has 3 N–H and O–H groups in total. The van der Waals surface area contributed by atoms with Gasteiger partial charge in [0.25, 0.3) is 0 Å². The zero-order valence-corrected chi connectivity index (χ0v) is 13.2. The number of thioether (sulfide) groups is 1. The molecule has 0 aromatic heterocycles. The lowest BCUT2D eigenvalue weighted by Gasteiger charge is -2.12. The number of hydrogen-bond acceptors (Lipinski definition) is 3. The van der Waals surface area contributed by atoms with Gasteiger partial charge in [-0.3, -0.25) is 0 Å². The summed E-state index contributed by atoms with van der Waals surface area (Å²) in [5, 5.41) is 14.6. The first kappa shape index (κ1) is 17.4. The van der Waals surface area contributed by atoms with Gasteiger partial charge in [0.15, 0.2) is 0 Å². The number of carbonyl (C=O) groups excluding carboxylic acids is 1. The fourth-order valence-corrected chi connectivity index (χ4v) is 2.62. The molecule has 6 heteroatoms. The molecule has 0 aliphatic carbocycles. The van der Waals surface area contributed by atoms with E-state index in [-0.39, 0.29) is 11.6 Å². The van der Waals surface area contributed by atoms with Gasteiger partial charge in [-0.25, -0.2) is 9.59 Å². The fourth-order valence-electron chi connectivity index (χ4n) is 1.93. The van der Waals surface area contributed by atoms with Gasteiger partial charge < -0.3 is 15.7 Å². The second kappa shape index (κ2) is 9.28. The van der Waals surface area contributed by atoms with Gasteiger partial charge in [0, 0.05) is 13.1 Å². The normalized spacial score (nSPS) is 11.7. The van der Waals surface area contributed by atoms with Gasteiger partial charge in [-0.1, -0.05) is 25.1 Å². The molecule has 0 saturated carbocycles. The minimum absolute atomic E-state index is 0.212. The third kappa shape index (κ3) is 6.53. The van der Waals surface area contributed by atoms with E-state index >= 15 is 0 Å². The summed E-state index contributed by atoms with van der Waals surface area (Å²) < 4.78 is 0. The van der Waals surface area contributed by atoms with Crippen LogP contribution in [-0.2, 0) is 6.42 Å². The lowest BCUT2D eigenvalue weighted by molar-refractivity contribution is 0.0695. The lowest BCUT2D eigenvalue weighted by atomic mass is 10.0. The molecule has 0 aliphatic rings. The van der Waals surface area contributed by atoms with E-state index in [1.165, 1.54) is 0 Å². The molecule has 0 fully saturated rings. The molecule has 0 spiro atoms. The van der Waals surface area contributed by atoms with Crippen LogP contribution in [0.2, 0.25) is 0 Å². The number of carboxylic acid groups (broad SMARTS) is 1. The van der Waals surface area contributed by atoms with Crippen LogP contribution in [0.25, 0.3) is 0 Å². The third-order valence-corrected chi connectivity index (χ3v) is 3.89. The first-order valence-corrected chi connectivity index (χ1v) is 8.25. The number of carboxylic acids is 1. The van der Waals surface area contributed by atoms with Gasteiger partial charge in [0.1, 0.15) is 0 Å². The van der Waals surface area contributed by atoms with Gasteiger partial charge >= 0.3 is 12.0 Å². The Bertz CT molecular complexity index is 480. The van der Waals surface area contributed by atoms with E-state index in [1.807, 2.05) is 6.26 Å². The van der Waals surface area contributed by atoms with Gasteiger partial charge in [-0.15, -0.1) is 0 Å². The molecule has 2 amide bonds. The Morgan fingerprint density at radius 1 is 1.29 bits per heavy atom. The highest BCUT2D eigenvalue weighted by molar-refractivity contribution is 7.98. The summed E-state index contributed by atoms with van der Waals surface area (Å²) in [4.78, 5) is 22.7. The number of benzene rings is 1. The third-order valence-electron chi connectivity index (χ3n) is 2.99. The van der Waals surface area contributed by atoms with Crippen molar-refractivity contribution in [1.82, 2.24) is 10.6 Å². The molecule has 0 bridgehead atoms. The maximum atomic E-state index is 11.6. The summed E-state index contributed by atoms with van der Waals surface area (Å²) in [5.74, 6) is 0.492. The van der Waals surface area contributed by atoms with Crippen molar-refractivity contribution in [3.8, 4) is 0 Å². The fraction of sp³-hybridized carbons (Fsp3) is 0.467. The molecular weight excluding hydrogens is 288 g/mol. The molecule has 1 unspecified atom stereocenters. The molecule has 1 atom stereocenters. The lowest BCUT2D eigenvalue weighted by Crippen LogP contribution is -2.39. The van der Waals surface area contributed by atoms with Crippen LogP contribution in [-0.4, -0.2) is 42.2 Å². The number of rotatable bonds is 8. The molecule has 0 aliphatic heterocycles. The monoisotopic (exact) mass is 310 g/mol. The van der Waals surface area contributed by atoms with Crippen molar-refractivity contribution >= 4 is 23.8 Å². The second-order valence-corrected chi connectivity index (χ2v) is 5.82. The topological polar surface area (TPSA) is 78.4 Å². The van der Waals surface area contributed by atoms with Crippen molar-refractivity contribution in [2.45, 2.75) is 13.3 Å². The van der Waals surface area contributed by atoms with Crippen LogP contribution >= 0.6 is 11.8 Å². The zero-order valence-electron chi connectivity index (χ0n) is 12.4. The summed E-state index contributed by atoms with van der Waals surface area (Å²) in [6, 6.07) is 6.62. The van der Waals surface area contributed by atoms with Crippen molar-refractivity contribution in [2.75, 3.05) is 25.1 Å². The van der Waals surface area contributed by atoms with Crippen molar-refractivity contribution < 1.29 is 14.7 Å². The van der Waals surface area contributed by atoms with Gasteiger partial charge in [0.05, 0.1) is 5.56 Å². The molecule has 1 rings (SSSR count).